The number of pyridine rings is 1. The summed E-state index contributed by atoms with van der Waals surface area (Å²) in [5, 5.41) is 7.73. The average molecular weight is 295 g/mol. The summed E-state index contributed by atoms with van der Waals surface area (Å²) < 4.78 is 0. The van der Waals surface area contributed by atoms with Gasteiger partial charge in [-0.25, -0.2) is 4.98 Å². The lowest BCUT2D eigenvalue weighted by Crippen LogP contribution is -2.38. The molecule has 1 aliphatic rings. The average Bonchev–Trinajstić information content (AvgIpc) is 3.23. The summed E-state index contributed by atoms with van der Waals surface area (Å²) in [5.41, 5.74) is 2.73. The number of rotatable bonds is 2. The molecule has 2 N–H and O–H groups in total. The molecule has 4 rings (SSSR count). The van der Waals surface area contributed by atoms with Gasteiger partial charge in [0.15, 0.2) is 0 Å². The molecule has 3 aromatic rings. The lowest BCUT2D eigenvalue weighted by molar-refractivity contribution is 0.0706. The zero-order valence-corrected chi connectivity index (χ0v) is 12.1. The fraction of sp³-hybridized carbons (Fsp3) is 0.312. The molecule has 0 atom stereocenters. The topological polar surface area (TPSA) is 77.7 Å². The maximum Gasteiger partial charge on any atom is 0.271 e. The number of likely N-dealkylation sites (tertiary alicyclic amines) is 1. The Bertz CT molecular complexity index is 751. The standard InChI is InChI=1S/C16H17N5O/c22-16(13-3-7-18-20-13)21-8-4-11(5-9-21)14-10-12-2-1-6-17-15(12)19-14/h1-3,6-7,10-11H,4-5,8-9H2,(H,17,19)(H,18,20). The number of amides is 1. The number of aromatic nitrogens is 4. The molecule has 1 saturated heterocycles. The number of H-pyrrole nitrogens is 2. The molecule has 0 saturated carbocycles. The molecule has 6 nitrogen and oxygen atoms in total. The second-order valence-electron chi connectivity index (χ2n) is 5.70. The number of piperidine rings is 1. The Morgan fingerprint density at radius 2 is 2.09 bits per heavy atom. The van der Waals surface area contributed by atoms with Crippen LogP contribution in [-0.2, 0) is 0 Å². The van der Waals surface area contributed by atoms with Crippen molar-refractivity contribution in [1.29, 1.82) is 0 Å². The van der Waals surface area contributed by atoms with Gasteiger partial charge in [-0.1, -0.05) is 0 Å². The number of carbonyl (C=O) groups is 1. The van der Waals surface area contributed by atoms with Crippen LogP contribution in [0.5, 0.6) is 0 Å². The molecular weight excluding hydrogens is 278 g/mol. The van der Waals surface area contributed by atoms with Gasteiger partial charge in [0, 0.05) is 42.5 Å². The third-order valence-electron chi connectivity index (χ3n) is 4.37. The molecule has 0 unspecified atom stereocenters. The third kappa shape index (κ3) is 2.26. The van der Waals surface area contributed by atoms with Crippen LogP contribution in [0.15, 0.2) is 36.7 Å². The van der Waals surface area contributed by atoms with Crippen LogP contribution in [0.3, 0.4) is 0 Å². The summed E-state index contributed by atoms with van der Waals surface area (Å²) in [6.07, 6.45) is 5.34. The van der Waals surface area contributed by atoms with Crippen LogP contribution in [0.4, 0.5) is 0 Å². The molecule has 22 heavy (non-hydrogen) atoms. The molecule has 0 aromatic carbocycles. The van der Waals surface area contributed by atoms with Gasteiger partial charge in [-0.15, -0.1) is 0 Å². The van der Waals surface area contributed by atoms with Gasteiger partial charge < -0.3 is 9.88 Å². The van der Waals surface area contributed by atoms with Crippen molar-refractivity contribution in [3.8, 4) is 0 Å². The number of nitrogens with zero attached hydrogens (tertiary/aromatic N) is 3. The lowest BCUT2D eigenvalue weighted by Gasteiger charge is -2.31. The molecule has 1 amide bonds. The number of hydrogen-bond acceptors (Lipinski definition) is 3. The van der Waals surface area contributed by atoms with Crippen LogP contribution >= 0.6 is 0 Å². The van der Waals surface area contributed by atoms with E-state index in [4.69, 9.17) is 0 Å². The van der Waals surface area contributed by atoms with E-state index < -0.39 is 0 Å². The molecule has 0 aliphatic carbocycles. The smallest absolute Gasteiger partial charge is 0.271 e. The van der Waals surface area contributed by atoms with E-state index in [2.05, 4.69) is 32.3 Å². The predicted molar refractivity (Wildman–Crippen MR) is 82.6 cm³/mol. The zero-order chi connectivity index (χ0) is 14.9. The van der Waals surface area contributed by atoms with Gasteiger partial charge in [0.25, 0.3) is 5.91 Å². The first-order valence-electron chi connectivity index (χ1n) is 7.53. The van der Waals surface area contributed by atoms with Gasteiger partial charge >= 0.3 is 0 Å². The van der Waals surface area contributed by atoms with Crippen molar-refractivity contribution >= 4 is 16.9 Å². The molecule has 6 heteroatoms. The van der Waals surface area contributed by atoms with E-state index >= 15 is 0 Å². The van der Waals surface area contributed by atoms with Crippen molar-refractivity contribution in [3.05, 3.63) is 48.0 Å². The summed E-state index contributed by atoms with van der Waals surface area (Å²) in [7, 11) is 0. The molecule has 0 bridgehead atoms. The first-order valence-corrected chi connectivity index (χ1v) is 7.53. The predicted octanol–water partition coefficient (Wildman–Crippen LogP) is 2.31. The van der Waals surface area contributed by atoms with Gasteiger partial charge in [0.1, 0.15) is 11.3 Å². The minimum Gasteiger partial charge on any atom is -0.343 e. The van der Waals surface area contributed by atoms with Gasteiger partial charge in [-0.05, 0) is 37.1 Å². The summed E-state index contributed by atoms with van der Waals surface area (Å²) in [5.74, 6) is 0.495. The first-order chi connectivity index (χ1) is 10.8. The second-order valence-corrected chi connectivity index (χ2v) is 5.70. The fourth-order valence-electron chi connectivity index (χ4n) is 3.14. The van der Waals surface area contributed by atoms with E-state index in [1.54, 1.807) is 18.5 Å². The molecule has 0 radical (unpaired) electrons. The SMILES string of the molecule is O=C(c1ccn[nH]1)N1CCC(c2cc3cccnc3[nH]2)CC1. The number of nitrogens with one attached hydrogen (secondary N) is 2. The normalized spacial score (nSPS) is 16.3. The molecule has 4 heterocycles. The van der Waals surface area contributed by atoms with Crippen LogP contribution in [0.1, 0.15) is 34.9 Å². The largest absolute Gasteiger partial charge is 0.343 e. The van der Waals surface area contributed by atoms with Crippen molar-refractivity contribution in [1.82, 2.24) is 25.1 Å². The summed E-state index contributed by atoms with van der Waals surface area (Å²) in [6.45, 7) is 1.54. The molecule has 1 fully saturated rings. The summed E-state index contributed by atoms with van der Waals surface area (Å²) >= 11 is 0. The lowest BCUT2D eigenvalue weighted by atomic mass is 9.93. The maximum absolute atomic E-state index is 12.3. The van der Waals surface area contributed by atoms with Crippen LogP contribution in [0.25, 0.3) is 11.0 Å². The Labute approximate surface area is 127 Å². The van der Waals surface area contributed by atoms with Crippen LogP contribution in [0.2, 0.25) is 0 Å². The molecule has 0 spiro atoms. The van der Waals surface area contributed by atoms with Crippen LogP contribution in [-0.4, -0.2) is 44.1 Å². The highest BCUT2D eigenvalue weighted by molar-refractivity contribution is 5.92. The quantitative estimate of drug-likeness (QED) is 0.761. The summed E-state index contributed by atoms with van der Waals surface area (Å²) in [6, 6.07) is 7.92. The molecule has 1 aliphatic heterocycles. The van der Waals surface area contributed by atoms with Crippen molar-refractivity contribution < 1.29 is 4.79 Å². The Kier molecular flexibility index (Phi) is 3.14. The highest BCUT2D eigenvalue weighted by Crippen LogP contribution is 2.29. The number of aromatic amines is 2. The first kappa shape index (κ1) is 13.1. The number of hydrogen-bond donors (Lipinski definition) is 2. The highest BCUT2D eigenvalue weighted by atomic mass is 16.2. The number of carbonyl (C=O) groups excluding carboxylic acids is 1. The van der Waals surface area contributed by atoms with Crippen molar-refractivity contribution in [2.45, 2.75) is 18.8 Å². The second kappa shape index (κ2) is 5.29. The Morgan fingerprint density at radius 3 is 2.82 bits per heavy atom. The van der Waals surface area contributed by atoms with Gasteiger partial charge in [0.2, 0.25) is 0 Å². The van der Waals surface area contributed by atoms with Crippen molar-refractivity contribution in [2.75, 3.05) is 13.1 Å². The molecule has 112 valence electrons. The van der Waals surface area contributed by atoms with E-state index in [1.807, 2.05) is 11.0 Å². The zero-order valence-electron chi connectivity index (χ0n) is 12.1. The van der Waals surface area contributed by atoms with Crippen molar-refractivity contribution in [3.63, 3.8) is 0 Å². The Morgan fingerprint density at radius 1 is 1.23 bits per heavy atom. The number of fused-ring (bicyclic) bond motifs is 1. The van der Waals surface area contributed by atoms with E-state index in [-0.39, 0.29) is 5.91 Å². The monoisotopic (exact) mass is 295 g/mol. The summed E-state index contributed by atoms with van der Waals surface area (Å²) in [4.78, 5) is 21.9. The van der Waals surface area contributed by atoms with Gasteiger partial charge in [-0.3, -0.25) is 9.89 Å². The van der Waals surface area contributed by atoms with Gasteiger partial charge in [-0.2, -0.15) is 5.10 Å². The molecular formula is C16H17N5O. The highest BCUT2D eigenvalue weighted by Gasteiger charge is 2.26. The van der Waals surface area contributed by atoms with E-state index in [0.717, 1.165) is 37.0 Å². The van der Waals surface area contributed by atoms with Crippen LogP contribution in [0, 0.1) is 0 Å². The van der Waals surface area contributed by atoms with E-state index in [9.17, 15) is 4.79 Å². The Balaban J connectivity index is 1.46. The Hall–Kier alpha value is -2.63. The van der Waals surface area contributed by atoms with Crippen LogP contribution < -0.4 is 0 Å². The van der Waals surface area contributed by atoms with Crippen molar-refractivity contribution in [2.24, 2.45) is 0 Å². The molecule has 3 aromatic heterocycles. The third-order valence-corrected chi connectivity index (χ3v) is 4.37. The van der Waals surface area contributed by atoms with Gasteiger partial charge in [0.05, 0.1) is 0 Å². The van der Waals surface area contributed by atoms with E-state index in [0.29, 0.717) is 11.6 Å². The maximum atomic E-state index is 12.3. The fourth-order valence-corrected chi connectivity index (χ4v) is 3.14. The van der Waals surface area contributed by atoms with E-state index in [1.165, 1.54) is 5.69 Å². The minimum atomic E-state index is 0.0364. The minimum absolute atomic E-state index is 0.0364.